The Kier molecular flexibility index (Phi) is 10.8. The second kappa shape index (κ2) is 16.4. The van der Waals surface area contributed by atoms with Crippen molar-refractivity contribution in [3.63, 3.8) is 0 Å². The van der Waals surface area contributed by atoms with Crippen LogP contribution in [0.25, 0.3) is 44.3 Å². The number of carbonyl (C=O) groups excluding carboxylic acids is 2. The first-order valence-corrected chi connectivity index (χ1v) is 19.4. The van der Waals surface area contributed by atoms with Gasteiger partial charge in [0, 0.05) is 66.0 Å². The van der Waals surface area contributed by atoms with Crippen LogP contribution in [0, 0.1) is 5.92 Å². The number of anilines is 1. The Labute approximate surface area is 319 Å². The van der Waals surface area contributed by atoms with Crippen LogP contribution in [0.1, 0.15) is 56.6 Å². The number of imide groups is 1. The number of nitrogens with one attached hydrogen (secondary N) is 1. The number of ether oxygens (including phenoxy) is 1. The van der Waals surface area contributed by atoms with Gasteiger partial charge in [-0.25, -0.2) is 4.98 Å². The van der Waals surface area contributed by atoms with Crippen molar-refractivity contribution in [1.82, 2.24) is 39.7 Å². The average molecular weight is 742 g/mol. The molecule has 55 heavy (non-hydrogen) atoms. The third-order valence-corrected chi connectivity index (χ3v) is 11.0. The first-order valence-electron chi connectivity index (χ1n) is 19.4. The van der Waals surface area contributed by atoms with E-state index >= 15 is 0 Å². The number of aromatic hydroxyl groups is 1. The summed E-state index contributed by atoms with van der Waals surface area (Å²) in [7, 11) is 0. The van der Waals surface area contributed by atoms with Gasteiger partial charge < -0.3 is 25.0 Å². The van der Waals surface area contributed by atoms with Crippen molar-refractivity contribution in [2.75, 3.05) is 38.6 Å². The van der Waals surface area contributed by atoms with E-state index in [2.05, 4.69) is 42.6 Å². The minimum atomic E-state index is -0.459. The second-order valence-corrected chi connectivity index (χ2v) is 14.7. The van der Waals surface area contributed by atoms with Gasteiger partial charge in [0.05, 0.1) is 17.4 Å². The van der Waals surface area contributed by atoms with Crippen LogP contribution in [0.2, 0.25) is 0 Å². The topological polar surface area (TPSA) is 166 Å². The van der Waals surface area contributed by atoms with E-state index in [1.54, 1.807) is 18.3 Å². The van der Waals surface area contributed by atoms with E-state index in [4.69, 9.17) is 10.5 Å². The van der Waals surface area contributed by atoms with Gasteiger partial charge in [0.25, 0.3) is 0 Å². The fourth-order valence-electron chi connectivity index (χ4n) is 8.17. The molecule has 0 saturated carbocycles. The Hall–Kier alpha value is -5.66. The number of phenols is 1. The Morgan fingerprint density at radius 1 is 0.927 bits per heavy atom. The van der Waals surface area contributed by atoms with Gasteiger partial charge in [-0.2, -0.15) is 5.10 Å². The van der Waals surface area contributed by atoms with Crippen molar-refractivity contribution in [1.29, 1.82) is 0 Å². The second-order valence-electron chi connectivity index (χ2n) is 14.7. The van der Waals surface area contributed by atoms with Gasteiger partial charge in [0.15, 0.2) is 5.82 Å². The number of piperidine rings is 2. The number of para-hydroxylation sites is 1. The molecular weight excluding hydrogens is 695 g/mol. The molecule has 2 saturated heterocycles. The van der Waals surface area contributed by atoms with Crippen LogP contribution < -0.4 is 11.1 Å². The van der Waals surface area contributed by atoms with Gasteiger partial charge in [0.1, 0.15) is 17.4 Å². The number of hydrogen-bond donors (Lipinski definition) is 3. The number of nitrogens with two attached hydrogens (primary N) is 1. The van der Waals surface area contributed by atoms with E-state index in [1.807, 2.05) is 58.0 Å². The molecule has 13 nitrogen and oxygen atoms in total. The molecule has 13 heteroatoms. The molecule has 2 aliphatic rings. The van der Waals surface area contributed by atoms with Crippen molar-refractivity contribution < 1.29 is 19.4 Å². The monoisotopic (exact) mass is 741 g/mol. The number of nitrogen functional groups attached to an aromatic ring is 1. The number of hydrogen-bond acceptors (Lipinski definition) is 10. The Morgan fingerprint density at radius 2 is 1.78 bits per heavy atom. The highest BCUT2D eigenvalue weighted by molar-refractivity contribution is 6.10. The maximum absolute atomic E-state index is 12.8. The summed E-state index contributed by atoms with van der Waals surface area (Å²) in [4.78, 5) is 31.9. The number of benzene rings is 2. The molecule has 2 amide bonds. The summed E-state index contributed by atoms with van der Waals surface area (Å²) >= 11 is 0. The lowest BCUT2D eigenvalue weighted by Crippen LogP contribution is -2.41. The molecule has 0 aliphatic carbocycles. The Bertz CT molecular complexity index is 2310. The van der Waals surface area contributed by atoms with Crippen molar-refractivity contribution in [2.24, 2.45) is 5.92 Å². The lowest BCUT2D eigenvalue weighted by molar-refractivity contribution is -0.135. The van der Waals surface area contributed by atoms with Crippen molar-refractivity contribution in [3.05, 3.63) is 84.8 Å². The Morgan fingerprint density at radius 3 is 2.64 bits per heavy atom. The molecule has 6 heterocycles. The number of aryl methyl sites for hydroxylation is 1. The predicted octanol–water partition coefficient (Wildman–Crippen LogP) is 5.92. The van der Waals surface area contributed by atoms with Crippen LogP contribution in [-0.4, -0.2) is 84.2 Å². The van der Waals surface area contributed by atoms with Gasteiger partial charge in [-0.05, 0) is 112 Å². The third-order valence-electron chi connectivity index (χ3n) is 11.0. The molecule has 1 unspecified atom stereocenters. The molecule has 2 aromatic carbocycles. The number of pyridine rings is 1. The summed E-state index contributed by atoms with van der Waals surface area (Å²) in [6.07, 6.45) is 12.6. The number of phenolic OH excluding ortho intramolecular Hbond substituents is 1. The van der Waals surface area contributed by atoms with E-state index in [9.17, 15) is 14.7 Å². The summed E-state index contributed by atoms with van der Waals surface area (Å²) in [6, 6.07) is 18.7. The smallest absolute Gasteiger partial charge is 0.249 e. The van der Waals surface area contributed by atoms with Crippen LogP contribution in [0.5, 0.6) is 5.75 Å². The molecule has 1 atom stereocenters. The van der Waals surface area contributed by atoms with E-state index < -0.39 is 6.04 Å². The highest BCUT2D eigenvalue weighted by Crippen LogP contribution is 2.36. The zero-order valence-corrected chi connectivity index (χ0v) is 30.9. The van der Waals surface area contributed by atoms with Crippen LogP contribution in [0.3, 0.4) is 0 Å². The van der Waals surface area contributed by atoms with Crippen LogP contribution in [0.4, 0.5) is 5.82 Å². The van der Waals surface area contributed by atoms with E-state index in [-0.39, 0.29) is 17.6 Å². The normalized spacial score (nSPS) is 17.0. The third kappa shape index (κ3) is 7.94. The summed E-state index contributed by atoms with van der Waals surface area (Å²) < 4.78 is 10.1. The SMILES string of the molecule is Nc1nnc(-c2ccccc2O)cc1-c1cnn(CC2CCN(CCCCOCCCc3cccc4c3c3cccnc3n4C3CCC(=O)NC3=O)CC2)c1. The Balaban J connectivity index is 0.759. The number of aromatic nitrogens is 6. The number of likely N-dealkylation sites (tertiary alicyclic amines) is 1. The first kappa shape index (κ1) is 36.3. The number of fused-ring (bicyclic) bond motifs is 3. The molecule has 4 aromatic heterocycles. The van der Waals surface area contributed by atoms with Gasteiger partial charge in [-0.3, -0.25) is 19.6 Å². The zero-order valence-electron chi connectivity index (χ0n) is 30.9. The van der Waals surface area contributed by atoms with Crippen molar-refractivity contribution in [2.45, 2.75) is 64.0 Å². The number of amides is 2. The van der Waals surface area contributed by atoms with Gasteiger partial charge in [-0.15, -0.1) is 10.2 Å². The highest BCUT2D eigenvalue weighted by Gasteiger charge is 2.31. The van der Waals surface area contributed by atoms with Crippen LogP contribution >= 0.6 is 0 Å². The molecule has 284 valence electrons. The standard InChI is InChI=1S/C42H47N9O4/c43-40-33(24-34(47-48-40)31-10-1-2-13-37(31)52)30-25-45-50(27-30)26-28-16-20-49(21-17-28)19-3-4-22-55-23-7-9-29-8-5-12-35-39(29)32-11-6-18-44-41(32)51(35)36-14-15-38(53)46-42(36)54/h1-2,5-6,8,10-13,18,24-25,27-28,36,52H,3-4,7,9,14-17,19-23,26H2,(H2,43,48)(H,46,53,54). The van der Waals surface area contributed by atoms with E-state index in [0.717, 1.165) is 104 Å². The highest BCUT2D eigenvalue weighted by atomic mass is 16.5. The molecule has 8 rings (SSSR count). The maximum atomic E-state index is 12.8. The van der Waals surface area contributed by atoms with Gasteiger partial charge >= 0.3 is 0 Å². The summed E-state index contributed by atoms with van der Waals surface area (Å²) in [5.41, 5.74) is 12.0. The van der Waals surface area contributed by atoms with Crippen molar-refractivity contribution >= 4 is 39.6 Å². The quantitative estimate of drug-likeness (QED) is 0.0902. The average Bonchev–Trinajstić information content (AvgIpc) is 3.80. The molecule has 2 fully saturated rings. The predicted molar refractivity (Wildman–Crippen MR) is 211 cm³/mol. The lowest BCUT2D eigenvalue weighted by Gasteiger charge is -2.31. The lowest BCUT2D eigenvalue weighted by atomic mass is 9.96. The van der Waals surface area contributed by atoms with Gasteiger partial charge in [0.2, 0.25) is 11.8 Å². The number of rotatable bonds is 14. The van der Waals surface area contributed by atoms with Crippen molar-refractivity contribution in [3.8, 4) is 28.1 Å². The molecule has 4 N–H and O–H groups in total. The summed E-state index contributed by atoms with van der Waals surface area (Å²) in [5.74, 6) is 0.559. The minimum absolute atomic E-state index is 0.149. The van der Waals surface area contributed by atoms with Crippen LogP contribution in [0.15, 0.2) is 79.3 Å². The molecule has 2 aliphatic heterocycles. The number of unbranched alkanes of at least 4 members (excludes halogenated alkanes) is 1. The first-order chi connectivity index (χ1) is 26.9. The fraction of sp³-hybridized carbons (Fsp3) is 0.381. The maximum Gasteiger partial charge on any atom is 0.249 e. The minimum Gasteiger partial charge on any atom is -0.507 e. The molecule has 0 bridgehead atoms. The fourth-order valence-corrected chi connectivity index (χ4v) is 8.17. The molecular formula is C42H47N9O4. The van der Waals surface area contributed by atoms with E-state index in [1.165, 1.54) is 5.56 Å². The molecule has 0 radical (unpaired) electrons. The molecule has 6 aromatic rings. The number of carbonyl (C=O) groups is 2. The summed E-state index contributed by atoms with van der Waals surface area (Å²) in [5, 5.41) is 27.9. The largest absolute Gasteiger partial charge is 0.507 e. The molecule has 0 spiro atoms. The van der Waals surface area contributed by atoms with Crippen LogP contribution in [-0.2, 0) is 27.3 Å². The number of nitrogens with zero attached hydrogens (tertiary/aromatic N) is 7. The van der Waals surface area contributed by atoms with Gasteiger partial charge in [-0.1, -0.05) is 24.3 Å². The summed E-state index contributed by atoms with van der Waals surface area (Å²) in [6.45, 7) is 5.58. The van der Waals surface area contributed by atoms with E-state index in [0.29, 0.717) is 42.4 Å². The zero-order chi connectivity index (χ0) is 37.7.